The smallest absolute Gasteiger partial charge is 0.281 e. The highest BCUT2D eigenvalue weighted by Gasteiger charge is 2.15. The minimum atomic E-state index is -0.233. The van der Waals surface area contributed by atoms with Crippen molar-refractivity contribution in [2.45, 2.75) is 49.9 Å². The second kappa shape index (κ2) is 5.93. The Hall–Kier alpha value is -1.40. The van der Waals surface area contributed by atoms with Gasteiger partial charge in [-0.3, -0.25) is 0 Å². The summed E-state index contributed by atoms with van der Waals surface area (Å²) in [5, 5.41) is 11.4. The van der Waals surface area contributed by atoms with Crippen LogP contribution in [0.25, 0.3) is 0 Å². The Morgan fingerprint density at radius 1 is 1.30 bits per heavy atom. The molecule has 0 atom stereocenters. The molecule has 0 spiro atoms. The van der Waals surface area contributed by atoms with Gasteiger partial charge in [-0.2, -0.15) is 0 Å². The summed E-state index contributed by atoms with van der Waals surface area (Å²) in [6.45, 7) is 8.31. The molecule has 1 heterocycles. The van der Waals surface area contributed by atoms with Crippen LogP contribution in [0, 0.1) is 12.7 Å². The van der Waals surface area contributed by atoms with E-state index in [1.165, 1.54) is 17.8 Å². The van der Waals surface area contributed by atoms with Crippen LogP contribution in [0.1, 0.15) is 32.2 Å². The lowest BCUT2D eigenvalue weighted by Crippen LogP contribution is -2.35. The standard InChI is InChI=1S/C14H18FN3OS/c1-9-17-18-13(19-9)20-12-7-5-6-11(15)10(12)8-16-14(2,3)4/h5-7,16H,8H2,1-4H3. The average Bonchev–Trinajstić information content (AvgIpc) is 2.73. The molecule has 6 heteroatoms. The van der Waals surface area contributed by atoms with Crippen molar-refractivity contribution in [1.29, 1.82) is 0 Å². The predicted octanol–water partition coefficient (Wildman–Crippen LogP) is 3.56. The second-order valence-corrected chi connectivity index (χ2v) is 6.50. The molecule has 1 N–H and O–H groups in total. The summed E-state index contributed by atoms with van der Waals surface area (Å²) >= 11 is 1.28. The van der Waals surface area contributed by atoms with Gasteiger partial charge < -0.3 is 9.73 Å². The third kappa shape index (κ3) is 4.05. The Kier molecular flexibility index (Phi) is 4.45. The predicted molar refractivity (Wildman–Crippen MR) is 76.2 cm³/mol. The molecule has 0 unspecified atom stereocenters. The number of benzene rings is 1. The molecule has 2 aromatic rings. The van der Waals surface area contributed by atoms with Crippen LogP contribution in [0.2, 0.25) is 0 Å². The Bertz CT molecular complexity index is 592. The number of aromatic nitrogens is 2. The first-order valence-electron chi connectivity index (χ1n) is 6.35. The molecule has 0 saturated heterocycles. The van der Waals surface area contributed by atoms with E-state index in [1.54, 1.807) is 13.0 Å². The van der Waals surface area contributed by atoms with Gasteiger partial charge in [0.1, 0.15) is 5.82 Å². The van der Waals surface area contributed by atoms with Crippen LogP contribution in [0.5, 0.6) is 0 Å². The fourth-order valence-corrected chi connectivity index (χ4v) is 2.44. The lowest BCUT2D eigenvalue weighted by molar-refractivity contribution is 0.415. The largest absolute Gasteiger partial charge is 0.416 e. The summed E-state index contributed by atoms with van der Waals surface area (Å²) in [7, 11) is 0. The van der Waals surface area contributed by atoms with Gasteiger partial charge in [0.05, 0.1) is 0 Å². The number of nitrogens with one attached hydrogen (secondary N) is 1. The minimum absolute atomic E-state index is 0.0781. The number of hydrogen-bond donors (Lipinski definition) is 1. The maximum atomic E-state index is 14.0. The van der Waals surface area contributed by atoms with Crippen LogP contribution in [0.4, 0.5) is 4.39 Å². The summed E-state index contributed by atoms with van der Waals surface area (Å²) in [6.07, 6.45) is 0. The number of nitrogens with zero attached hydrogens (tertiary/aromatic N) is 2. The quantitative estimate of drug-likeness (QED) is 0.934. The van der Waals surface area contributed by atoms with E-state index in [2.05, 4.69) is 15.5 Å². The third-order valence-electron chi connectivity index (χ3n) is 2.58. The first kappa shape index (κ1) is 15.0. The first-order valence-corrected chi connectivity index (χ1v) is 7.17. The maximum absolute atomic E-state index is 14.0. The molecular formula is C14H18FN3OS. The highest BCUT2D eigenvalue weighted by Crippen LogP contribution is 2.31. The van der Waals surface area contributed by atoms with E-state index >= 15 is 0 Å². The molecule has 4 nitrogen and oxygen atoms in total. The molecule has 108 valence electrons. The minimum Gasteiger partial charge on any atom is -0.416 e. The van der Waals surface area contributed by atoms with E-state index in [4.69, 9.17) is 4.42 Å². The fraction of sp³-hybridized carbons (Fsp3) is 0.429. The molecule has 1 aromatic carbocycles. The van der Waals surface area contributed by atoms with Crippen molar-refractivity contribution >= 4 is 11.8 Å². The molecule has 2 rings (SSSR count). The van der Waals surface area contributed by atoms with E-state index in [0.717, 1.165) is 4.90 Å². The third-order valence-corrected chi connectivity index (χ3v) is 3.52. The lowest BCUT2D eigenvalue weighted by Gasteiger charge is -2.21. The molecule has 0 bridgehead atoms. The van der Waals surface area contributed by atoms with Gasteiger partial charge in [0.25, 0.3) is 5.22 Å². The number of aryl methyl sites for hydroxylation is 1. The van der Waals surface area contributed by atoms with Crippen molar-refractivity contribution in [2.24, 2.45) is 0 Å². The summed E-state index contributed by atoms with van der Waals surface area (Å²) in [4.78, 5) is 0.783. The van der Waals surface area contributed by atoms with Gasteiger partial charge in [-0.15, -0.1) is 10.2 Å². The van der Waals surface area contributed by atoms with E-state index < -0.39 is 0 Å². The second-order valence-electron chi connectivity index (χ2n) is 5.51. The van der Waals surface area contributed by atoms with Crippen molar-refractivity contribution < 1.29 is 8.81 Å². The monoisotopic (exact) mass is 295 g/mol. The molecule has 0 saturated carbocycles. The van der Waals surface area contributed by atoms with Crippen LogP contribution >= 0.6 is 11.8 Å². The highest BCUT2D eigenvalue weighted by molar-refractivity contribution is 7.99. The highest BCUT2D eigenvalue weighted by atomic mass is 32.2. The fourth-order valence-electron chi connectivity index (χ4n) is 1.57. The van der Waals surface area contributed by atoms with Crippen LogP contribution in [0.3, 0.4) is 0 Å². The summed E-state index contributed by atoms with van der Waals surface area (Å²) in [5.74, 6) is 0.265. The van der Waals surface area contributed by atoms with Gasteiger partial charge in [0, 0.05) is 29.5 Å². The number of rotatable bonds is 4. The zero-order chi connectivity index (χ0) is 14.8. The van der Waals surface area contributed by atoms with Crippen molar-refractivity contribution in [2.75, 3.05) is 0 Å². The van der Waals surface area contributed by atoms with Crippen LogP contribution < -0.4 is 5.32 Å². The lowest BCUT2D eigenvalue weighted by atomic mass is 10.1. The van der Waals surface area contributed by atoms with Gasteiger partial charge in [0.15, 0.2) is 0 Å². The zero-order valence-electron chi connectivity index (χ0n) is 12.0. The Balaban J connectivity index is 2.21. The van der Waals surface area contributed by atoms with Gasteiger partial charge in [-0.1, -0.05) is 6.07 Å². The molecule has 0 radical (unpaired) electrons. The van der Waals surface area contributed by atoms with Gasteiger partial charge in [-0.25, -0.2) is 4.39 Å². The SMILES string of the molecule is Cc1nnc(Sc2cccc(F)c2CNC(C)(C)C)o1. The van der Waals surface area contributed by atoms with Crippen LogP contribution in [-0.4, -0.2) is 15.7 Å². The number of hydrogen-bond acceptors (Lipinski definition) is 5. The summed E-state index contributed by atoms with van der Waals surface area (Å²) in [5.41, 5.74) is 0.536. The van der Waals surface area contributed by atoms with E-state index in [0.29, 0.717) is 23.2 Å². The summed E-state index contributed by atoms with van der Waals surface area (Å²) in [6, 6.07) is 5.00. The molecule has 20 heavy (non-hydrogen) atoms. The van der Waals surface area contributed by atoms with E-state index in [9.17, 15) is 4.39 Å². The van der Waals surface area contributed by atoms with Gasteiger partial charge in [-0.05, 0) is 44.7 Å². The molecule has 0 aliphatic carbocycles. The zero-order valence-corrected chi connectivity index (χ0v) is 12.8. The number of halogens is 1. The Morgan fingerprint density at radius 3 is 2.65 bits per heavy atom. The van der Waals surface area contributed by atoms with Gasteiger partial charge >= 0.3 is 0 Å². The van der Waals surface area contributed by atoms with Crippen LogP contribution in [-0.2, 0) is 6.54 Å². The molecule has 0 aliphatic heterocycles. The van der Waals surface area contributed by atoms with E-state index in [-0.39, 0.29) is 11.4 Å². The van der Waals surface area contributed by atoms with Gasteiger partial charge in [0.2, 0.25) is 5.89 Å². The Morgan fingerprint density at radius 2 is 2.05 bits per heavy atom. The van der Waals surface area contributed by atoms with Crippen molar-refractivity contribution in [3.63, 3.8) is 0 Å². The first-order chi connectivity index (χ1) is 9.35. The van der Waals surface area contributed by atoms with Crippen LogP contribution in [0.15, 0.2) is 32.7 Å². The van der Waals surface area contributed by atoms with Crippen molar-refractivity contribution in [3.8, 4) is 0 Å². The molecule has 0 amide bonds. The molecule has 0 fully saturated rings. The molecular weight excluding hydrogens is 277 g/mol. The van der Waals surface area contributed by atoms with Crippen molar-refractivity contribution in [3.05, 3.63) is 35.5 Å². The maximum Gasteiger partial charge on any atom is 0.281 e. The normalized spacial score (nSPS) is 11.8. The molecule has 1 aromatic heterocycles. The van der Waals surface area contributed by atoms with E-state index in [1.807, 2.05) is 26.8 Å². The molecule has 0 aliphatic rings. The average molecular weight is 295 g/mol. The Labute approximate surface area is 122 Å². The summed E-state index contributed by atoms with van der Waals surface area (Å²) < 4.78 is 19.3. The topological polar surface area (TPSA) is 51.0 Å². The van der Waals surface area contributed by atoms with Crippen molar-refractivity contribution in [1.82, 2.24) is 15.5 Å².